The van der Waals surface area contributed by atoms with Crippen molar-refractivity contribution < 1.29 is 19.3 Å². The third-order valence-corrected chi connectivity index (χ3v) is 5.51. The number of ether oxygens (including phenoxy) is 3. The minimum Gasteiger partial charge on any atom is -0.494 e. The van der Waals surface area contributed by atoms with Crippen LogP contribution in [0.15, 0.2) is 17.1 Å². The second-order valence-electron chi connectivity index (χ2n) is 7.69. The summed E-state index contributed by atoms with van der Waals surface area (Å²) in [6.45, 7) is 7.60. The molecule has 1 aromatic rings. The number of benzene rings is 1. The quantitative estimate of drug-likeness (QED) is 0.463. The average Bonchev–Trinajstić information content (AvgIpc) is 3.28. The zero-order chi connectivity index (χ0) is 20.0. The van der Waals surface area contributed by atoms with Gasteiger partial charge in [0.05, 0.1) is 13.2 Å². The van der Waals surface area contributed by atoms with Crippen molar-refractivity contribution in [3.05, 3.63) is 23.3 Å². The number of rotatable bonds is 8. The highest BCUT2D eigenvalue weighted by Gasteiger charge is 2.34. The van der Waals surface area contributed by atoms with Gasteiger partial charge in [-0.25, -0.2) is 0 Å². The van der Waals surface area contributed by atoms with Crippen molar-refractivity contribution in [3.63, 3.8) is 0 Å². The van der Waals surface area contributed by atoms with Gasteiger partial charge < -0.3 is 30.0 Å². The van der Waals surface area contributed by atoms with Crippen LogP contribution >= 0.6 is 0 Å². The molecule has 3 N–H and O–H groups in total. The molecule has 2 atom stereocenters. The first kappa shape index (κ1) is 20.7. The van der Waals surface area contributed by atoms with E-state index < -0.39 is 0 Å². The van der Waals surface area contributed by atoms with Crippen molar-refractivity contribution >= 4 is 5.96 Å². The number of aliphatic hydroxyl groups excluding tert-OH is 1. The van der Waals surface area contributed by atoms with Crippen molar-refractivity contribution in [2.24, 2.45) is 10.4 Å². The van der Waals surface area contributed by atoms with Gasteiger partial charge in [0, 0.05) is 56.3 Å². The Hall–Kier alpha value is -1.99. The molecule has 2 unspecified atom stereocenters. The summed E-state index contributed by atoms with van der Waals surface area (Å²) < 4.78 is 17.3. The molecule has 2 heterocycles. The number of hydrogen-bond donors (Lipinski definition) is 3. The van der Waals surface area contributed by atoms with Crippen LogP contribution in [0.2, 0.25) is 0 Å². The molecular formula is C21H33N3O4. The topological polar surface area (TPSA) is 84.3 Å². The molecule has 2 aliphatic rings. The Morgan fingerprint density at radius 3 is 2.93 bits per heavy atom. The third-order valence-electron chi connectivity index (χ3n) is 5.51. The molecule has 1 fully saturated rings. The van der Waals surface area contributed by atoms with Gasteiger partial charge in [-0.15, -0.1) is 0 Å². The second kappa shape index (κ2) is 9.47. The number of guanidine groups is 1. The summed E-state index contributed by atoms with van der Waals surface area (Å²) in [6, 6.07) is 4.17. The van der Waals surface area contributed by atoms with Gasteiger partial charge in [0.15, 0.2) is 5.96 Å². The summed E-state index contributed by atoms with van der Waals surface area (Å²) in [5, 5.41) is 16.2. The van der Waals surface area contributed by atoms with Crippen LogP contribution in [0.1, 0.15) is 37.8 Å². The summed E-state index contributed by atoms with van der Waals surface area (Å²) in [7, 11) is 1.76. The van der Waals surface area contributed by atoms with Crippen LogP contribution in [0.5, 0.6) is 11.5 Å². The molecule has 0 bridgehead atoms. The molecule has 2 aliphatic heterocycles. The van der Waals surface area contributed by atoms with Crippen LogP contribution in [0.4, 0.5) is 0 Å². The smallest absolute Gasteiger partial charge is 0.191 e. The van der Waals surface area contributed by atoms with E-state index in [4.69, 9.17) is 14.2 Å². The fourth-order valence-electron chi connectivity index (χ4n) is 3.89. The maximum atomic E-state index is 9.39. The van der Waals surface area contributed by atoms with Crippen molar-refractivity contribution in [3.8, 4) is 11.5 Å². The SMILES string of the molecule is CCOc1cc2c(cc1CNC(=NC)NCC1(CCO)CCOC1)OC(C)C2. The monoisotopic (exact) mass is 391 g/mol. The molecule has 0 aromatic heterocycles. The highest BCUT2D eigenvalue weighted by molar-refractivity contribution is 5.79. The van der Waals surface area contributed by atoms with Gasteiger partial charge in [-0.3, -0.25) is 4.99 Å². The normalized spacial score (nSPS) is 24.0. The molecule has 0 radical (unpaired) electrons. The number of fused-ring (bicyclic) bond motifs is 1. The van der Waals surface area contributed by atoms with E-state index in [1.807, 2.05) is 6.92 Å². The highest BCUT2D eigenvalue weighted by atomic mass is 16.5. The molecule has 0 aliphatic carbocycles. The number of hydrogen-bond acceptors (Lipinski definition) is 5. The standard InChI is InChI=1S/C21H33N3O4/c1-4-27-18-10-16-9-15(2)28-19(16)11-17(18)12-23-20(22-3)24-13-21(5-7-25)6-8-26-14-21/h10-11,15,25H,4-9,12-14H2,1-3H3,(H2,22,23,24). The summed E-state index contributed by atoms with van der Waals surface area (Å²) >= 11 is 0. The Labute approximate surface area is 167 Å². The van der Waals surface area contributed by atoms with E-state index in [9.17, 15) is 5.11 Å². The highest BCUT2D eigenvalue weighted by Crippen LogP contribution is 2.35. The van der Waals surface area contributed by atoms with Crippen LogP contribution in [0.3, 0.4) is 0 Å². The lowest BCUT2D eigenvalue weighted by Crippen LogP contribution is -2.44. The van der Waals surface area contributed by atoms with Crippen LogP contribution in [0, 0.1) is 5.41 Å². The zero-order valence-electron chi connectivity index (χ0n) is 17.2. The molecule has 1 aromatic carbocycles. The van der Waals surface area contributed by atoms with Crippen molar-refractivity contribution in [2.75, 3.05) is 40.0 Å². The Morgan fingerprint density at radius 2 is 2.25 bits per heavy atom. The largest absolute Gasteiger partial charge is 0.494 e. The Morgan fingerprint density at radius 1 is 1.39 bits per heavy atom. The summed E-state index contributed by atoms with van der Waals surface area (Å²) in [5.74, 6) is 2.56. The summed E-state index contributed by atoms with van der Waals surface area (Å²) in [4.78, 5) is 4.33. The minimum atomic E-state index is -0.0274. The fraction of sp³-hybridized carbons (Fsp3) is 0.667. The van der Waals surface area contributed by atoms with E-state index in [1.54, 1.807) is 7.05 Å². The van der Waals surface area contributed by atoms with Crippen LogP contribution in [-0.4, -0.2) is 57.2 Å². The molecule has 28 heavy (non-hydrogen) atoms. The first-order chi connectivity index (χ1) is 13.6. The van der Waals surface area contributed by atoms with E-state index in [0.29, 0.717) is 19.8 Å². The predicted molar refractivity (Wildman–Crippen MR) is 109 cm³/mol. The maximum Gasteiger partial charge on any atom is 0.191 e. The third kappa shape index (κ3) is 4.89. The van der Waals surface area contributed by atoms with Gasteiger partial charge in [-0.05, 0) is 38.8 Å². The van der Waals surface area contributed by atoms with E-state index in [0.717, 1.165) is 55.4 Å². The maximum absolute atomic E-state index is 9.39. The van der Waals surface area contributed by atoms with Crippen LogP contribution in [0.25, 0.3) is 0 Å². The molecule has 7 nitrogen and oxygen atoms in total. The second-order valence-corrected chi connectivity index (χ2v) is 7.69. The fourth-order valence-corrected chi connectivity index (χ4v) is 3.89. The molecule has 7 heteroatoms. The average molecular weight is 392 g/mol. The molecule has 0 saturated carbocycles. The van der Waals surface area contributed by atoms with Gasteiger partial charge in [0.1, 0.15) is 17.6 Å². The lowest BCUT2D eigenvalue weighted by atomic mass is 9.84. The molecule has 0 amide bonds. The molecule has 156 valence electrons. The van der Waals surface area contributed by atoms with E-state index in [2.05, 4.69) is 34.7 Å². The van der Waals surface area contributed by atoms with Gasteiger partial charge in [0.2, 0.25) is 0 Å². The molecule has 3 rings (SSSR count). The van der Waals surface area contributed by atoms with E-state index in [1.165, 1.54) is 5.56 Å². The van der Waals surface area contributed by atoms with Gasteiger partial charge in [0.25, 0.3) is 0 Å². The summed E-state index contributed by atoms with van der Waals surface area (Å²) in [6.07, 6.45) is 2.80. The number of aliphatic imine (C=N–C) groups is 1. The van der Waals surface area contributed by atoms with E-state index in [-0.39, 0.29) is 18.1 Å². The van der Waals surface area contributed by atoms with Gasteiger partial charge >= 0.3 is 0 Å². The molecular weight excluding hydrogens is 358 g/mol. The Balaban J connectivity index is 1.62. The van der Waals surface area contributed by atoms with Crippen LogP contribution < -0.4 is 20.1 Å². The summed E-state index contributed by atoms with van der Waals surface area (Å²) in [5.41, 5.74) is 2.22. The van der Waals surface area contributed by atoms with Gasteiger partial charge in [-0.2, -0.15) is 0 Å². The predicted octanol–water partition coefficient (Wildman–Crippen LogP) is 1.86. The first-order valence-electron chi connectivity index (χ1n) is 10.2. The Kier molecular flexibility index (Phi) is 7.02. The lowest BCUT2D eigenvalue weighted by molar-refractivity contribution is 0.127. The van der Waals surface area contributed by atoms with Crippen LogP contribution in [-0.2, 0) is 17.7 Å². The number of nitrogens with zero attached hydrogens (tertiary/aromatic N) is 1. The van der Waals surface area contributed by atoms with E-state index >= 15 is 0 Å². The Bertz CT molecular complexity index is 686. The number of nitrogens with one attached hydrogen (secondary N) is 2. The minimum absolute atomic E-state index is 0.0274. The van der Waals surface area contributed by atoms with Crippen molar-refractivity contribution in [2.45, 2.75) is 45.8 Å². The first-order valence-corrected chi connectivity index (χ1v) is 10.2. The molecule has 1 saturated heterocycles. The molecule has 0 spiro atoms. The van der Waals surface area contributed by atoms with Crippen molar-refractivity contribution in [1.82, 2.24) is 10.6 Å². The zero-order valence-corrected chi connectivity index (χ0v) is 17.2. The lowest BCUT2D eigenvalue weighted by Gasteiger charge is -2.27. The van der Waals surface area contributed by atoms with Gasteiger partial charge in [-0.1, -0.05) is 0 Å². The number of aliphatic hydroxyl groups is 1. The van der Waals surface area contributed by atoms with Crippen molar-refractivity contribution in [1.29, 1.82) is 0 Å².